The zero-order valence-electron chi connectivity index (χ0n) is 21.3. The number of thioether (sulfide) groups is 1. The molecule has 38 heavy (non-hydrogen) atoms. The highest BCUT2D eigenvalue weighted by atomic mass is 32.2. The van der Waals surface area contributed by atoms with E-state index in [0.717, 1.165) is 5.56 Å². The molecule has 1 aliphatic rings. The number of halogens is 1. The molecule has 1 fully saturated rings. The molecule has 0 bridgehead atoms. The molecule has 1 N–H and O–H groups in total. The number of rotatable bonds is 9. The molecule has 3 aromatic carbocycles. The Labute approximate surface area is 224 Å². The molecule has 8 nitrogen and oxygen atoms in total. The zero-order valence-corrected chi connectivity index (χ0v) is 22.1. The minimum atomic E-state index is -0.690. The molecule has 0 radical (unpaired) electrons. The van der Waals surface area contributed by atoms with E-state index in [4.69, 9.17) is 14.2 Å². The number of carbonyl (C=O) groups is 2. The lowest BCUT2D eigenvalue weighted by atomic mass is 10.1. The smallest absolute Gasteiger partial charge is 0.238 e. The first-order valence-electron chi connectivity index (χ1n) is 11.9. The lowest BCUT2D eigenvalue weighted by Gasteiger charge is -2.32. The van der Waals surface area contributed by atoms with Gasteiger partial charge in [0.05, 0.1) is 27.0 Å². The first-order valence-corrected chi connectivity index (χ1v) is 12.7. The second-order valence-electron chi connectivity index (χ2n) is 8.39. The number of hydrogen-bond donors (Lipinski definition) is 1. The van der Waals surface area contributed by atoms with Gasteiger partial charge in [-0.1, -0.05) is 23.9 Å². The van der Waals surface area contributed by atoms with Crippen LogP contribution in [-0.4, -0.2) is 55.0 Å². The van der Waals surface area contributed by atoms with Crippen LogP contribution in [0.5, 0.6) is 17.2 Å². The molecule has 1 unspecified atom stereocenters. The summed E-state index contributed by atoms with van der Waals surface area (Å²) >= 11 is 1.20. The molecule has 1 saturated heterocycles. The predicted molar refractivity (Wildman–Crippen MR) is 146 cm³/mol. The number of methoxy groups -OCH3 is 3. The molecule has 0 saturated carbocycles. The van der Waals surface area contributed by atoms with Gasteiger partial charge in [-0.2, -0.15) is 0 Å². The maximum absolute atomic E-state index is 13.5. The first kappa shape index (κ1) is 27.0. The normalized spacial score (nSPS) is 16.3. The van der Waals surface area contributed by atoms with E-state index in [9.17, 15) is 14.0 Å². The van der Waals surface area contributed by atoms with E-state index in [0.29, 0.717) is 46.8 Å². The van der Waals surface area contributed by atoms with Gasteiger partial charge >= 0.3 is 0 Å². The van der Waals surface area contributed by atoms with Crippen LogP contribution in [0.25, 0.3) is 0 Å². The SMILES string of the molecule is COc1cccc(NC(=O)C2CC(=O)N(CCc3ccc(OC)c(OC)c3)C(=Nc3ccc(F)cc3)S2)c1. The molecule has 0 spiro atoms. The van der Waals surface area contributed by atoms with Gasteiger partial charge in [0.15, 0.2) is 16.7 Å². The standard InChI is InChI=1S/C28H28FN3O5S/c1-35-22-6-4-5-21(16-22)30-27(34)25-17-26(33)32(28(38-25)31-20-10-8-19(29)9-11-20)14-13-18-7-12-23(36-2)24(15-18)37-3/h4-12,15-16,25H,13-14,17H2,1-3H3,(H,30,34). The summed E-state index contributed by atoms with van der Waals surface area (Å²) < 4.78 is 29.4. The third-order valence-electron chi connectivity index (χ3n) is 5.89. The average molecular weight is 538 g/mol. The second kappa shape index (κ2) is 12.5. The van der Waals surface area contributed by atoms with E-state index < -0.39 is 5.25 Å². The predicted octanol–water partition coefficient (Wildman–Crippen LogP) is 5.05. The number of hydrogen-bond acceptors (Lipinski definition) is 7. The summed E-state index contributed by atoms with van der Waals surface area (Å²) in [6, 6.07) is 18.2. The summed E-state index contributed by atoms with van der Waals surface area (Å²) in [7, 11) is 4.68. The molecule has 2 amide bonds. The van der Waals surface area contributed by atoms with Crippen molar-refractivity contribution in [3.8, 4) is 17.2 Å². The molecule has 1 atom stereocenters. The van der Waals surface area contributed by atoms with Crippen LogP contribution in [0.2, 0.25) is 0 Å². The number of benzene rings is 3. The molecule has 0 aliphatic carbocycles. The monoisotopic (exact) mass is 537 g/mol. The molecule has 1 heterocycles. The number of ether oxygens (including phenoxy) is 3. The minimum Gasteiger partial charge on any atom is -0.497 e. The van der Waals surface area contributed by atoms with Crippen molar-refractivity contribution in [3.63, 3.8) is 0 Å². The van der Waals surface area contributed by atoms with Crippen molar-refractivity contribution in [2.24, 2.45) is 4.99 Å². The van der Waals surface area contributed by atoms with Crippen LogP contribution >= 0.6 is 11.8 Å². The lowest BCUT2D eigenvalue weighted by molar-refractivity contribution is -0.129. The molecule has 198 valence electrons. The van der Waals surface area contributed by atoms with Gasteiger partial charge in [-0.05, 0) is 60.5 Å². The van der Waals surface area contributed by atoms with Gasteiger partial charge < -0.3 is 19.5 Å². The van der Waals surface area contributed by atoms with Crippen LogP contribution in [0.3, 0.4) is 0 Å². The second-order valence-corrected chi connectivity index (χ2v) is 9.56. The van der Waals surface area contributed by atoms with Crippen LogP contribution in [0.15, 0.2) is 71.7 Å². The summed E-state index contributed by atoms with van der Waals surface area (Å²) in [5.41, 5.74) is 1.99. The maximum Gasteiger partial charge on any atom is 0.238 e. The minimum absolute atomic E-state index is 0.00877. The van der Waals surface area contributed by atoms with Crippen molar-refractivity contribution in [3.05, 3.63) is 78.1 Å². The van der Waals surface area contributed by atoms with Gasteiger partial charge in [0.25, 0.3) is 0 Å². The highest BCUT2D eigenvalue weighted by Crippen LogP contribution is 2.32. The Bertz CT molecular complexity index is 1330. The van der Waals surface area contributed by atoms with Crippen molar-refractivity contribution in [2.45, 2.75) is 18.1 Å². The van der Waals surface area contributed by atoms with Crippen LogP contribution in [0.1, 0.15) is 12.0 Å². The van der Waals surface area contributed by atoms with E-state index in [2.05, 4.69) is 10.3 Å². The van der Waals surface area contributed by atoms with Crippen molar-refractivity contribution in [2.75, 3.05) is 33.2 Å². The number of aliphatic imine (C=N–C) groups is 1. The Morgan fingerprint density at radius 1 is 1.03 bits per heavy atom. The number of nitrogens with one attached hydrogen (secondary N) is 1. The largest absolute Gasteiger partial charge is 0.497 e. The average Bonchev–Trinajstić information content (AvgIpc) is 2.93. The van der Waals surface area contributed by atoms with E-state index in [1.807, 2.05) is 18.2 Å². The van der Waals surface area contributed by atoms with Gasteiger partial charge in [-0.3, -0.25) is 14.5 Å². The van der Waals surface area contributed by atoms with Gasteiger partial charge in [-0.25, -0.2) is 9.38 Å². The number of carbonyl (C=O) groups excluding carboxylic acids is 2. The van der Waals surface area contributed by atoms with Crippen LogP contribution in [0, 0.1) is 5.82 Å². The summed E-state index contributed by atoms with van der Waals surface area (Å²) in [5, 5.41) is 2.54. The molecule has 1 aliphatic heterocycles. The molecular weight excluding hydrogens is 509 g/mol. The summed E-state index contributed by atoms with van der Waals surface area (Å²) in [6.45, 7) is 0.339. The number of amidine groups is 1. The van der Waals surface area contributed by atoms with Gasteiger partial charge in [0.2, 0.25) is 11.8 Å². The summed E-state index contributed by atoms with van der Waals surface area (Å²) in [6.07, 6.45) is 0.532. The third kappa shape index (κ3) is 6.63. The highest BCUT2D eigenvalue weighted by molar-refractivity contribution is 8.15. The van der Waals surface area contributed by atoms with Crippen molar-refractivity contribution < 1.29 is 28.2 Å². The van der Waals surface area contributed by atoms with Crippen molar-refractivity contribution in [1.82, 2.24) is 4.90 Å². The Kier molecular flexibility index (Phi) is 8.85. The van der Waals surface area contributed by atoms with E-state index in [-0.39, 0.29) is 24.1 Å². The first-order chi connectivity index (χ1) is 18.4. The molecule has 3 aromatic rings. The topological polar surface area (TPSA) is 89.5 Å². The highest BCUT2D eigenvalue weighted by Gasteiger charge is 2.36. The van der Waals surface area contributed by atoms with Gasteiger partial charge in [-0.15, -0.1) is 0 Å². The number of anilines is 1. The third-order valence-corrected chi connectivity index (χ3v) is 7.08. The summed E-state index contributed by atoms with van der Waals surface area (Å²) in [5.74, 6) is 0.888. The van der Waals surface area contributed by atoms with Crippen LogP contribution < -0.4 is 19.5 Å². The zero-order chi connectivity index (χ0) is 27.1. The lowest BCUT2D eigenvalue weighted by Crippen LogP contribution is -2.46. The van der Waals surface area contributed by atoms with E-state index in [1.165, 1.54) is 36.0 Å². The van der Waals surface area contributed by atoms with Crippen molar-refractivity contribution in [1.29, 1.82) is 0 Å². The molecule has 4 rings (SSSR count). The van der Waals surface area contributed by atoms with E-state index in [1.54, 1.807) is 50.5 Å². The van der Waals surface area contributed by atoms with Crippen LogP contribution in [0.4, 0.5) is 15.8 Å². The molecule has 10 heteroatoms. The van der Waals surface area contributed by atoms with Crippen LogP contribution in [-0.2, 0) is 16.0 Å². The Balaban J connectivity index is 1.55. The quantitative estimate of drug-likeness (QED) is 0.411. The van der Waals surface area contributed by atoms with Gasteiger partial charge in [0.1, 0.15) is 16.8 Å². The fourth-order valence-corrected chi connectivity index (χ4v) is 5.01. The van der Waals surface area contributed by atoms with E-state index >= 15 is 0 Å². The fourth-order valence-electron chi connectivity index (χ4n) is 3.89. The van der Waals surface area contributed by atoms with Crippen molar-refractivity contribution >= 4 is 40.1 Å². The molecule has 0 aromatic heterocycles. The number of amides is 2. The summed E-state index contributed by atoms with van der Waals surface area (Å²) in [4.78, 5) is 32.6. The van der Waals surface area contributed by atoms with Gasteiger partial charge in [0, 0.05) is 24.7 Å². The Morgan fingerprint density at radius 3 is 2.50 bits per heavy atom. The Morgan fingerprint density at radius 2 is 1.79 bits per heavy atom. The fraction of sp³-hybridized carbons (Fsp3) is 0.250. The molecular formula is C28H28FN3O5S. The number of nitrogens with zero attached hydrogens (tertiary/aromatic N) is 2. The maximum atomic E-state index is 13.5. The Hall–Kier alpha value is -4.05.